The van der Waals surface area contributed by atoms with Crippen LogP contribution in [-0.4, -0.2) is 28.7 Å². The molecule has 0 spiro atoms. The lowest BCUT2D eigenvalue weighted by molar-refractivity contribution is -0.154. The van der Waals surface area contributed by atoms with Crippen molar-refractivity contribution in [2.45, 2.75) is 19.3 Å². The summed E-state index contributed by atoms with van der Waals surface area (Å²) in [5.41, 5.74) is 1.93. The first-order valence-corrected chi connectivity index (χ1v) is 9.61. The molecular formula is C23H20F3N3O3. The highest BCUT2D eigenvalue weighted by Gasteiger charge is 2.29. The van der Waals surface area contributed by atoms with Crippen LogP contribution in [0.1, 0.15) is 16.8 Å². The zero-order chi connectivity index (χ0) is 22.8. The molecule has 1 aromatic carbocycles. The van der Waals surface area contributed by atoms with Crippen LogP contribution in [0.2, 0.25) is 0 Å². The van der Waals surface area contributed by atoms with Crippen molar-refractivity contribution in [3.05, 3.63) is 89.9 Å². The monoisotopic (exact) mass is 443 g/mol. The molecule has 2 heterocycles. The molecule has 6 nitrogen and oxygen atoms in total. The molecule has 0 aliphatic heterocycles. The van der Waals surface area contributed by atoms with Crippen LogP contribution in [0.25, 0.3) is 6.08 Å². The molecule has 32 heavy (non-hydrogen) atoms. The van der Waals surface area contributed by atoms with Gasteiger partial charge in [-0.25, -0.2) is 4.98 Å². The van der Waals surface area contributed by atoms with Crippen molar-refractivity contribution in [2.75, 3.05) is 6.61 Å². The third-order valence-electron chi connectivity index (χ3n) is 4.10. The molecule has 1 N–H and O–H groups in total. The number of nitrogens with one attached hydrogen (secondary N) is 1. The summed E-state index contributed by atoms with van der Waals surface area (Å²) in [6.45, 7) is -1.13. The van der Waals surface area contributed by atoms with Crippen LogP contribution in [0.4, 0.5) is 13.2 Å². The van der Waals surface area contributed by atoms with Crippen molar-refractivity contribution in [1.29, 1.82) is 0 Å². The SMILES string of the molecule is O=C(/C=C/c1ccc(OCc2ccccn2)cc1)NCc1cccnc1OCC(F)(F)F. The lowest BCUT2D eigenvalue weighted by Gasteiger charge is -2.12. The second-order valence-corrected chi connectivity index (χ2v) is 6.60. The number of aromatic nitrogens is 2. The number of benzene rings is 1. The third-order valence-corrected chi connectivity index (χ3v) is 4.10. The Kier molecular flexibility index (Phi) is 7.80. The number of rotatable bonds is 9. The molecule has 0 fully saturated rings. The van der Waals surface area contributed by atoms with Crippen LogP contribution in [-0.2, 0) is 17.9 Å². The number of amides is 1. The molecule has 1 amide bonds. The van der Waals surface area contributed by atoms with Crippen molar-refractivity contribution < 1.29 is 27.4 Å². The third kappa shape index (κ3) is 7.75. The average molecular weight is 443 g/mol. The molecule has 0 saturated heterocycles. The lowest BCUT2D eigenvalue weighted by atomic mass is 10.2. The van der Waals surface area contributed by atoms with Crippen LogP contribution in [0.3, 0.4) is 0 Å². The van der Waals surface area contributed by atoms with Crippen molar-refractivity contribution in [3.8, 4) is 11.6 Å². The number of hydrogen-bond acceptors (Lipinski definition) is 5. The standard InChI is InChI=1S/C23H20F3N3O3/c24-23(25,26)16-32-22-18(4-3-13-28-22)14-29-21(30)11-8-17-6-9-20(10-7-17)31-15-19-5-1-2-12-27-19/h1-13H,14-16H2,(H,29,30)/b11-8+. The Labute approximate surface area is 182 Å². The zero-order valence-electron chi connectivity index (χ0n) is 16.9. The Morgan fingerprint density at radius 1 is 0.969 bits per heavy atom. The zero-order valence-corrected chi connectivity index (χ0v) is 16.9. The minimum Gasteiger partial charge on any atom is -0.487 e. The van der Waals surface area contributed by atoms with Gasteiger partial charge in [-0.15, -0.1) is 0 Å². The first-order valence-electron chi connectivity index (χ1n) is 9.61. The van der Waals surface area contributed by atoms with Crippen LogP contribution in [0, 0.1) is 0 Å². The van der Waals surface area contributed by atoms with E-state index in [-0.39, 0.29) is 12.4 Å². The fourth-order valence-corrected chi connectivity index (χ4v) is 2.57. The van der Waals surface area contributed by atoms with E-state index in [1.165, 1.54) is 18.3 Å². The Hall–Kier alpha value is -3.88. The Balaban J connectivity index is 1.48. The number of hydrogen-bond donors (Lipinski definition) is 1. The second kappa shape index (κ2) is 10.9. The molecule has 0 unspecified atom stereocenters. The van der Waals surface area contributed by atoms with Gasteiger partial charge < -0.3 is 14.8 Å². The van der Waals surface area contributed by atoms with E-state index in [0.29, 0.717) is 17.9 Å². The summed E-state index contributed by atoms with van der Waals surface area (Å²) >= 11 is 0. The molecule has 0 aliphatic rings. The van der Waals surface area contributed by atoms with Crippen molar-refractivity contribution >= 4 is 12.0 Å². The Bertz CT molecular complexity index is 1040. The van der Waals surface area contributed by atoms with Gasteiger partial charge in [-0.2, -0.15) is 13.2 Å². The van der Waals surface area contributed by atoms with Gasteiger partial charge in [0, 0.05) is 30.6 Å². The molecule has 0 atom stereocenters. The van der Waals surface area contributed by atoms with Gasteiger partial charge in [0.15, 0.2) is 6.61 Å². The first-order chi connectivity index (χ1) is 15.4. The highest BCUT2D eigenvalue weighted by molar-refractivity contribution is 5.91. The van der Waals surface area contributed by atoms with E-state index in [1.807, 2.05) is 18.2 Å². The van der Waals surface area contributed by atoms with Gasteiger partial charge in [-0.05, 0) is 42.0 Å². The van der Waals surface area contributed by atoms with Gasteiger partial charge in [0.2, 0.25) is 11.8 Å². The summed E-state index contributed by atoms with van der Waals surface area (Å²) in [4.78, 5) is 20.0. The van der Waals surface area contributed by atoms with E-state index in [9.17, 15) is 18.0 Å². The highest BCUT2D eigenvalue weighted by Crippen LogP contribution is 2.20. The fourth-order valence-electron chi connectivity index (χ4n) is 2.57. The number of nitrogens with zero attached hydrogens (tertiary/aromatic N) is 2. The summed E-state index contributed by atoms with van der Waals surface area (Å²) in [6.07, 6.45) is 1.49. The molecule has 3 aromatic rings. The molecule has 3 rings (SSSR count). The maximum absolute atomic E-state index is 12.4. The largest absolute Gasteiger partial charge is 0.487 e. The second-order valence-electron chi connectivity index (χ2n) is 6.60. The number of halogens is 3. The fraction of sp³-hybridized carbons (Fsp3) is 0.174. The number of carbonyl (C=O) groups excluding carboxylic acids is 1. The van der Waals surface area contributed by atoms with Crippen LogP contribution in [0.5, 0.6) is 11.6 Å². The molecular weight excluding hydrogens is 423 g/mol. The van der Waals surface area contributed by atoms with Crippen molar-refractivity contribution in [3.63, 3.8) is 0 Å². The minimum atomic E-state index is -4.47. The van der Waals surface area contributed by atoms with Gasteiger partial charge in [0.05, 0.1) is 5.69 Å². The lowest BCUT2D eigenvalue weighted by Crippen LogP contribution is -2.23. The van der Waals surface area contributed by atoms with E-state index in [4.69, 9.17) is 9.47 Å². The van der Waals surface area contributed by atoms with E-state index in [1.54, 1.807) is 42.6 Å². The van der Waals surface area contributed by atoms with Crippen LogP contribution < -0.4 is 14.8 Å². The molecule has 0 saturated carbocycles. The molecule has 0 radical (unpaired) electrons. The summed E-state index contributed by atoms with van der Waals surface area (Å²) in [5, 5.41) is 2.60. The summed E-state index contributed by atoms with van der Waals surface area (Å²) < 4.78 is 47.4. The van der Waals surface area contributed by atoms with Crippen molar-refractivity contribution in [2.24, 2.45) is 0 Å². The highest BCUT2D eigenvalue weighted by atomic mass is 19.4. The average Bonchev–Trinajstić information content (AvgIpc) is 2.80. The molecule has 166 valence electrons. The maximum atomic E-state index is 12.4. The van der Waals surface area contributed by atoms with Crippen LogP contribution >= 0.6 is 0 Å². The number of carbonyl (C=O) groups is 1. The predicted molar refractivity (Wildman–Crippen MR) is 112 cm³/mol. The summed E-state index contributed by atoms with van der Waals surface area (Å²) in [5.74, 6) is 0.0849. The van der Waals surface area contributed by atoms with Gasteiger partial charge in [0.1, 0.15) is 12.4 Å². The van der Waals surface area contributed by atoms with Crippen molar-refractivity contribution in [1.82, 2.24) is 15.3 Å². The quantitative estimate of drug-likeness (QED) is 0.499. The Morgan fingerprint density at radius 3 is 2.47 bits per heavy atom. The minimum absolute atomic E-state index is 0.0233. The molecule has 0 bridgehead atoms. The van der Waals surface area contributed by atoms with E-state index in [0.717, 1.165) is 11.3 Å². The number of ether oxygens (including phenoxy) is 2. The smallest absolute Gasteiger partial charge is 0.422 e. The van der Waals surface area contributed by atoms with Gasteiger partial charge in [-0.3, -0.25) is 9.78 Å². The van der Waals surface area contributed by atoms with E-state index < -0.39 is 18.7 Å². The normalized spacial score (nSPS) is 11.3. The van der Waals surface area contributed by atoms with Gasteiger partial charge in [0.25, 0.3) is 0 Å². The van der Waals surface area contributed by atoms with Crippen LogP contribution in [0.15, 0.2) is 73.1 Å². The van der Waals surface area contributed by atoms with E-state index >= 15 is 0 Å². The summed E-state index contributed by atoms with van der Waals surface area (Å²) in [6, 6.07) is 15.8. The molecule has 2 aromatic heterocycles. The predicted octanol–water partition coefficient (Wildman–Crippen LogP) is 4.33. The van der Waals surface area contributed by atoms with E-state index in [2.05, 4.69) is 15.3 Å². The van der Waals surface area contributed by atoms with Gasteiger partial charge >= 0.3 is 6.18 Å². The molecule has 0 aliphatic carbocycles. The first kappa shape index (κ1) is 22.8. The molecule has 9 heteroatoms. The number of pyridine rings is 2. The number of alkyl halides is 3. The topological polar surface area (TPSA) is 73.3 Å². The van der Waals surface area contributed by atoms with Gasteiger partial charge in [-0.1, -0.05) is 24.3 Å². The maximum Gasteiger partial charge on any atom is 0.422 e. The summed E-state index contributed by atoms with van der Waals surface area (Å²) in [7, 11) is 0. The Morgan fingerprint density at radius 2 is 1.75 bits per heavy atom.